The molecular weight excluding hydrogens is 252 g/mol. The average Bonchev–Trinajstić information content (AvgIpc) is 2.80. The molecular formula is C16H12N2O2. The maximum Gasteiger partial charge on any atom is 0.168 e. The molecule has 98 valence electrons. The molecule has 1 aromatic heterocycles. The van der Waals surface area contributed by atoms with Crippen molar-refractivity contribution in [3.05, 3.63) is 54.2 Å². The predicted octanol–water partition coefficient (Wildman–Crippen LogP) is 3.22. The van der Waals surface area contributed by atoms with Crippen LogP contribution in [0.4, 0.5) is 0 Å². The van der Waals surface area contributed by atoms with Gasteiger partial charge in [0.2, 0.25) is 0 Å². The van der Waals surface area contributed by atoms with Gasteiger partial charge in [0.15, 0.2) is 11.4 Å². The average molecular weight is 264 g/mol. The van der Waals surface area contributed by atoms with Gasteiger partial charge in [-0.15, -0.1) is 0 Å². The Labute approximate surface area is 116 Å². The summed E-state index contributed by atoms with van der Waals surface area (Å²) in [5.41, 5.74) is 1.82. The van der Waals surface area contributed by atoms with E-state index >= 15 is 0 Å². The highest BCUT2D eigenvalue weighted by molar-refractivity contribution is 5.92. The van der Waals surface area contributed by atoms with Crippen molar-refractivity contribution in [2.75, 3.05) is 7.11 Å². The molecule has 0 radical (unpaired) electrons. The minimum Gasteiger partial charge on any atom is -0.504 e. The van der Waals surface area contributed by atoms with E-state index in [1.807, 2.05) is 42.5 Å². The molecule has 0 saturated carbocycles. The molecule has 0 aliphatic rings. The van der Waals surface area contributed by atoms with Crippen molar-refractivity contribution in [2.24, 2.45) is 0 Å². The fourth-order valence-electron chi connectivity index (χ4n) is 2.33. The molecule has 3 aromatic rings. The fourth-order valence-corrected chi connectivity index (χ4v) is 2.33. The van der Waals surface area contributed by atoms with Gasteiger partial charge in [0.05, 0.1) is 12.6 Å². The van der Waals surface area contributed by atoms with Gasteiger partial charge in [-0.3, -0.25) is 4.57 Å². The summed E-state index contributed by atoms with van der Waals surface area (Å²) in [5.74, 6) is 0.618. The van der Waals surface area contributed by atoms with Gasteiger partial charge in [-0.1, -0.05) is 18.2 Å². The normalized spacial score (nSPS) is 10.4. The Bertz CT molecular complexity index is 814. The van der Waals surface area contributed by atoms with Crippen LogP contribution in [-0.2, 0) is 0 Å². The second-order valence-electron chi connectivity index (χ2n) is 4.36. The summed E-state index contributed by atoms with van der Waals surface area (Å²) in [6.45, 7) is 0. The molecule has 0 bridgehead atoms. The van der Waals surface area contributed by atoms with E-state index in [4.69, 9.17) is 4.74 Å². The van der Waals surface area contributed by atoms with Crippen molar-refractivity contribution >= 4 is 10.9 Å². The van der Waals surface area contributed by atoms with Crippen LogP contribution in [0.3, 0.4) is 0 Å². The van der Waals surface area contributed by atoms with E-state index in [1.165, 1.54) is 0 Å². The summed E-state index contributed by atoms with van der Waals surface area (Å²) in [4.78, 5) is 0. The van der Waals surface area contributed by atoms with Gasteiger partial charge in [0.1, 0.15) is 11.8 Å². The molecule has 0 fully saturated rings. The Morgan fingerprint density at radius 1 is 1.15 bits per heavy atom. The van der Waals surface area contributed by atoms with Crippen molar-refractivity contribution in [3.8, 4) is 23.3 Å². The second-order valence-corrected chi connectivity index (χ2v) is 4.36. The lowest BCUT2D eigenvalue weighted by atomic mass is 10.2. The van der Waals surface area contributed by atoms with E-state index < -0.39 is 0 Å². The number of methoxy groups -OCH3 is 1. The van der Waals surface area contributed by atoms with Crippen LogP contribution < -0.4 is 4.74 Å². The quantitative estimate of drug-likeness (QED) is 0.773. The maximum atomic E-state index is 10.3. The van der Waals surface area contributed by atoms with Crippen LogP contribution in [0.15, 0.2) is 48.5 Å². The molecule has 2 aromatic carbocycles. The molecule has 0 amide bonds. The van der Waals surface area contributed by atoms with Crippen LogP contribution >= 0.6 is 0 Å². The minimum absolute atomic E-state index is 0.0229. The molecule has 0 aliphatic heterocycles. The van der Waals surface area contributed by atoms with Gasteiger partial charge in [-0.05, 0) is 30.3 Å². The Morgan fingerprint density at radius 3 is 2.55 bits per heavy atom. The van der Waals surface area contributed by atoms with Crippen LogP contribution in [0.25, 0.3) is 16.6 Å². The lowest BCUT2D eigenvalue weighted by Gasteiger charge is -2.06. The Hall–Kier alpha value is -2.93. The molecule has 1 N–H and O–H groups in total. The van der Waals surface area contributed by atoms with E-state index in [9.17, 15) is 10.4 Å². The number of fused-ring (bicyclic) bond motifs is 1. The lowest BCUT2D eigenvalue weighted by Crippen LogP contribution is -1.96. The Kier molecular flexibility index (Phi) is 2.81. The summed E-state index contributed by atoms with van der Waals surface area (Å²) in [5, 5.41) is 20.2. The van der Waals surface area contributed by atoms with E-state index in [1.54, 1.807) is 17.7 Å². The largest absolute Gasteiger partial charge is 0.504 e. The van der Waals surface area contributed by atoms with Crippen LogP contribution in [0.5, 0.6) is 11.5 Å². The second kappa shape index (κ2) is 4.63. The summed E-state index contributed by atoms with van der Waals surface area (Å²) < 4.78 is 6.90. The number of hydrogen-bond acceptors (Lipinski definition) is 3. The van der Waals surface area contributed by atoms with Crippen LogP contribution in [0.2, 0.25) is 0 Å². The minimum atomic E-state index is -0.0229. The molecule has 0 aliphatic carbocycles. The number of rotatable bonds is 2. The molecule has 0 saturated heterocycles. The molecule has 1 heterocycles. The van der Waals surface area contributed by atoms with Crippen molar-refractivity contribution in [1.29, 1.82) is 5.26 Å². The number of nitriles is 1. The number of aromatic nitrogens is 1. The molecule has 0 unspecified atom stereocenters. The van der Waals surface area contributed by atoms with E-state index in [0.717, 1.165) is 11.2 Å². The third-order valence-electron chi connectivity index (χ3n) is 3.27. The molecule has 0 atom stereocenters. The number of aromatic hydroxyl groups is 1. The van der Waals surface area contributed by atoms with Crippen molar-refractivity contribution in [2.45, 2.75) is 0 Å². The highest BCUT2D eigenvalue weighted by atomic mass is 16.5. The highest BCUT2D eigenvalue weighted by Crippen LogP contribution is 2.36. The number of hydrogen-bond donors (Lipinski definition) is 1. The van der Waals surface area contributed by atoms with Crippen molar-refractivity contribution < 1.29 is 9.84 Å². The molecule has 3 rings (SSSR count). The van der Waals surface area contributed by atoms with Crippen LogP contribution in [0, 0.1) is 11.3 Å². The first kappa shape index (κ1) is 12.1. The SMILES string of the molecule is COc1ccc2c(c1)c(O)c(C#N)n2-c1ccccc1. The first-order valence-electron chi connectivity index (χ1n) is 6.13. The smallest absolute Gasteiger partial charge is 0.168 e. The highest BCUT2D eigenvalue weighted by Gasteiger charge is 2.18. The molecule has 0 spiro atoms. The molecule has 20 heavy (non-hydrogen) atoms. The van der Waals surface area contributed by atoms with Gasteiger partial charge in [-0.2, -0.15) is 5.26 Å². The summed E-state index contributed by atoms with van der Waals surface area (Å²) in [6, 6.07) is 16.9. The van der Waals surface area contributed by atoms with Gasteiger partial charge >= 0.3 is 0 Å². The van der Waals surface area contributed by atoms with E-state index in [-0.39, 0.29) is 11.4 Å². The molecule has 4 heteroatoms. The van der Waals surface area contributed by atoms with Gasteiger partial charge in [-0.25, -0.2) is 0 Å². The standard InChI is InChI=1S/C16H12N2O2/c1-20-12-7-8-14-13(9-12)16(19)15(10-17)18(14)11-5-3-2-4-6-11/h2-9,19H,1H3. The predicted molar refractivity (Wildman–Crippen MR) is 76.2 cm³/mol. The van der Waals surface area contributed by atoms with E-state index in [0.29, 0.717) is 11.1 Å². The number of nitrogens with zero attached hydrogens (tertiary/aromatic N) is 2. The Balaban J connectivity index is 2.40. The third-order valence-corrected chi connectivity index (χ3v) is 3.27. The first-order valence-corrected chi connectivity index (χ1v) is 6.13. The number of benzene rings is 2. The third kappa shape index (κ3) is 1.69. The van der Waals surface area contributed by atoms with Gasteiger partial charge < -0.3 is 9.84 Å². The number of ether oxygens (including phenoxy) is 1. The van der Waals surface area contributed by atoms with Gasteiger partial charge in [0, 0.05) is 11.1 Å². The fraction of sp³-hybridized carbons (Fsp3) is 0.0625. The maximum absolute atomic E-state index is 10.3. The molecule has 4 nitrogen and oxygen atoms in total. The zero-order chi connectivity index (χ0) is 14.1. The number of para-hydroxylation sites is 1. The summed E-state index contributed by atoms with van der Waals surface area (Å²) in [6.07, 6.45) is 0. The zero-order valence-electron chi connectivity index (χ0n) is 10.9. The monoisotopic (exact) mass is 264 g/mol. The Morgan fingerprint density at radius 2 is 1.90 bits per heavy atom. The summed E-state index contributed by atoms with van der Waals surface area (Å²) >= 11 is 0. The van der Waals surface area contributed by atoms with Crippen molar-refractivity contribution in [1.82, 2.24) is 4.57 Å². The van der Waals surface area contributed by atoms with E-state index in [2.05, 4.69) is 6.07 Å². The first-order chi connectivity index (χ1) is 9.76. The van der Waals surface area contributed by atoms with Crippen LogP contribution in [0.1, 0.15) is 5.69 Å². The lowest BCUT2D eigenvalue weighted by molar-refractivity contribution is 0.415. The van der Waals surface area contributed by atoms with Gasteiger partial charge in [0.25, 0.3) is 0 Å². The zero-order valence-corrected chi connectivity index (χ0v) is 10.9. The van der Waals surface area contributed by atoms with Crippen LogP contribution in [-0.4, -0.2) is 16.8 Å². The topological polar surface area (TPSA) is 58.2 Å². The van der Waals surface area contributed by atoms with Crippen molar-refractivity contribution in [3.63, 3.8) is 0 Å². The summed E-state index contributed by atoms with van der Waals surface area (Å²) in [7, 11) is 1.57.